The summed E-state index contributed by atoms with van der Waals surface area (Å²) in [6, 6.07) is 3.54. The van der Waals surface area contributed by atoms with E-state index >= 15 is 0 Å². The van der Waals surface area contributed by atoms with Crippen LogP contribution in [0.5, 0.6) is 5.88 Å². The zero-order valence-corrected chi connectivity index (χ0v) is 8.63. The molecule has 0 aliphatic rings. The Balaban J connectivity index is 2.90. The Morgan fingerprint density at radius 1 is 1.50 bits per heavy atom. The molecule has 0 saturated heterocycles. The molecule has 1 rings (SSSR count). The maximum absolute atomic E-state index is 5.63. The monoisotopic (exact) mass is 230 g/mol. The van der Waals surface area contributed by atoms with Crippen LogP contribution in [-0.2, 0) is 0 Å². The van der Waals surface area contributed by atoms with E-state index in [0.717, 1.165) is 4.60 Å². The summed E-state index contributed by atoms with van der Waals surface area (Å²) in [5.41, 5.74) is 6.19. The molecule has 0 aromatic carbocycles. The number of hydrogen-bond donors (Lipinski definition) is 1. The molecule has 1 aromatic rings. The van der Waals surface area contributed by atoms with Crippen molar-refractivity contribution < 1.29 is 4.74 Å². The number of nitrogens with zero attached hydrogens (tertiary/aromatic N) is 1. The summed E-state index contributed by atoms with van der Waals surface area (Å²) in [6.45, 7) is 3.87. The van der Waals surface area contributed by atoms with E-state index in [1.807, 2.05) is 13.8 Å². The number of pyridine rings is 1. The first-order chi connectivity index (χ1) is 5.59. The number of anilines is 1. The number of halogens is 1. The molecular weight excluding hydrogens is 220 g/mol. The Hall–Kier alpha value is -0.770. The summed E-state index contributed by atoms with van der Waals surface area (Å²) in [6.07, 6.45) is 0.0918. The minimum atomic E-state index is 0.0918. The Labute approximate surface area is 80.1 Å². The molecule has 12 heavy (non-hydrogen) atoms. The zero-order chi connectivity index (χ0) is 9.14. The fraction of sp³-hybridized carbons (Fsp3) is 0.375. The van der Waals surface area contributed by atoms with E-state index in [2.05, 4.69) is 20.9 Å². The lowest BCUT2D eigenvalue weighted by Crippen LogP contribution is -2.08. The molecule has 0 fully saturated rings. The maximum Gasteiger partial charge on any atom is 0.238 e. The minimum Gasteiger partial charge on any atom is -0.473 e. The molecule has 0 aliphatic carbocycles. The third-order valence-electron chi connectivity index (χ3n) is 1.20. The maximum atomic E-state index is 5.63. The van der Waals surface area contributed by atoms with E-state index in [0.29, 0.717) is 11.6 Å². The third kappa shape index (κ3) is 2.37. The Morgan fingerprint density at radius 2 is 2.17 bits per heavy atom. The molecule has 4 heteroatoms. The number of aromatic nitrogens is 1. The summed E-state index contributed by atoms with van der Waals surface area (Å²) < 4.78 is 6.09. The molecule has 0 amide bonds. The van der Waals surface area contributed by atoms with Crippen molar-refractivity contribution in [2.45, 2.75) is 20.0 Å². The van der Waals surface area contributed by atoms with E-state index < -0.39 is 0 Å². The fourth-order valence-corrected chi connectivity index (χ4v) is 1.04. The molecule has 3 nitrogen and oxygen atoms in total. The highest BCUT2D eigenvalue weighted by atomic mass is 79.9. The van der Waals surface area contributed by atoms with E-state index in [4.69, 9.17) is 10.5 Å². The van der Waals surface area contributed by atoms with E-state index in [1.165, 1.54) is 0 Å². The summed E-state index contributed by atoms with van der Waals surface area (Å²) in [5, 5.41) is 0. The lowest BCUT2D eigenvalue weighted by Gasteiger charge is -2.10. The number of hydrogen-bond acceptors (Lipinski definition) is 3. The molecule has 1 aromatic heterocycles. The van der Waals surface area contributed by atoms with E-state index in [1.54, 1.807) is 12.1 Å². The Kier molecular flexibility index (Phi) is 2.92. The van der Waals surface area contributed by atoms with Gasteiger partial charge in [0.05, 0.1) is 11.8 Å². The van der Waals surface area contributed by atoms with Gasteiger partial charge in [0.2, 0.25) is 5.88 Å². The van der Waals surface area contributed by atoms with Gasteiger partial charge in [-0.25, -0.2) is 4.98 Å². The van der Waals surface area contributed by atoms with E-state index in [9.17, 15) is 0 Å². The van der Waals surface area contributed by atoms with Crippen LogP contribution >= 0.6 is 15.9 Å². The molecule has 66 valence electrons. The van der Waals surface area contributed by atoms with Crippen molar-refractivity contribution in [3.63, 3.8) is 0 Å². The van der Waals surface area contributed by atoms with Crippen LogP contribution in [0.4, 0.5) is 5.69 Å². The SMILES string of the molecule is CC(C)Oc1nc(Br)ccc1N. The van der Waals surface area contributed by atoms with Gasteiger partial charge in [0.25, 0.3) is 0 Å². The number of ether oxygens (including phenoxy) is 1. The Bertz CT molecular complexity index is 276. The average molecular weight is 231 g/mol. The van der Waals surface area contributed by atoms with Crippen LogP contribution in [0.25, 0.3) is 0 Å². The number of rotatable bonds is 2. The van der Waals surface area contributed by atoms with Crippen LogP contribution < -0.4 is 10.5 Å². The fourth-order valence-electron chi connectivity index (χ4n) is 0.746. The van der Waals surface area contributed by atoms with Gasteiger partial charge < -0.3 is 10.5 Å². The van der Waals surface area contributed by atoms with Crippen LogP contribution in [0.2, 0.25) is 0 Å². The second-order valence-corrected chi connectivity index (χ2v) is 3.51. The first-order valence-electron chi connectivity index (χ1n) is 3.68. The first-order valence-corrected chi connectivity index (χ1v) is 4.47. The Morgan fingerprint density at radius 3 is 2.75 bits per heavy atom. The normalized spacial score (nSPS) is 10.3. The smallest absolute Gasteiger partial charge is 0.238 e. The molecular formula is C8H11BrN2O. The lowest BCUT2D eigenvalue weighted by atomic mass is 10.4. The predicted molar refractivity (Wildman–Crippen MR) is 52.1 cm³/mol. The van der Waals surface area contributed by atoms with Gasteiger partial charge in [0, 0.05) is 0 Å². The van der Waals surface area contributed by atoms with Crippen LogP contribution in [-0.4, -0.2) is 11.1 Å². The van der Waals surface area contributed by atoms with Crippen LogP contribution in [0.3, 0.4) is 0 Å². The van der Waals surface area contributed by atoms with Gasteiger partial charge in [-0.3, -0.25) is 0 Å². The van der Waals surface area contributed by atoms with Gasteiger partial charge in [-0.15, -0.1) is 0 Å². The highest BCUT2D eigenvalue weighted by Crippen LogP contribution is 2.21. The summed E-state index contributed by atoms with van der Waals surface area (Å²) >= 11 is 3.24. The molecule has 0 unspecified atom stereocenters. The van der Waals surface area contributed by atoms with Crippen molar-refractivity contribution >= 4 is 21.6 Å². The molecule has 0 aliphatic heterocycles. The molecule has 0 atom stereocenters. The standard InChI is InChI=1S/C8H11BrN2O/c1-5(2)12-8-6(10)3-4-7(9)11-8/h3-5H,10H2,1-2H3. The lowest BCUT2D eigenvalue weighted by molar-refractivity contribution is 0.234. The van der Waals surface area contributed by atoms with Crippen molar-refractivity contribution in [1.29, 1.82) is 0 Å². The summed E-state index contributed by atoms with van der Waals surface area (Å²) in [7, 11) is 0. The van der Waals surface area contributed by atoms with Gasteiger partial charge in [-0.05, 0) is 41.9 Å². The largest absolute Gasteiger partial charge is 0.473 e. The van der Waals surface area contributed by atoms with Crippen LogP contribution in [0.15, 0.2) is 16.7 Å². The highest BCUT2D eigenvalue weighted by molar-refractivity contribution is 9.10. The van der Waals surface area contributed by atoms with Crippen LogP contribution in [0, 0.1) is 0 Å². The second-order valence-electron chi connectivity index (χ2n) is 2.69. The van der Waals surface area contributed by atoms with Crippen LogP contribution in [0.1, 0.15) is 13.8 Å². The van der Waals surface area contributed by atoms with Gasteiger partial charge in [-0.2, -0.15) is 0 Å². The van der Waals surface area contributed by atoms with Gasteiger partial charge in [0.15, 0.2) is 0 Å². The molecule has 2 N–H and O–H groups in total. The molecule has 0 saturated carbocycles. The molecule has 0 radical (unpaired) electrons. The third-order valence-corrected chi connectivity index (χ3v) is 1.64. The first kappa shape index (κ1) is 9.32. The molecule has 0 bridgehead atoms. The van der Waals surface area contributed by atoms with E-state index in [-0.39, 0.29) is 6.10 Å². The quantitative estimate of drug-likeness (QED) is 0.794. The molecule has 1 heterocycles. The van der Waals surface area contributed by atoms with Gasteiger partial charge in [-0.1, -0.05) is 0 Å². The second kappa shape index (κ2) is 3.76. The van der Waals surface area contributed by atoms with Crippen molar-refractivity contribution in [1.82, 2.24) is 4.98 Å². The minimum absolute atomic E-state index is 0.0918. The highest BCUT2D eigenvalue weighted by Gasteiger charge is 2.04. The van der Waals surface area contributed by atoms with Crippen molar-refractivity contribution in [3.05, 3.63) is 16.7 Å². The number of nitrogens with two attached hydrogens (primary N) is 1. The van der Waals surface area contributed by atoms with Gasteiger partial charge in [0.1, 0.15) is 4.60 Å². The zero-order valence-electron chi connectivity index (χ0n) is 7.04. The summed E-state index contributed by atoms with van der Waals surface area (Å²) in [5.74, 6) is 0.486. The van der Waals surface area contributed by atoms with Crippen molar-refractivity contribution in [2.75, 3.05) is 5.73 Å². The van der Waals surface area contributed by atoms with Crippen molar-refractivity contribution in [3.8, 4) is 5.88 Å². The molecule has 0 spiro atoms. The topological polar surface area (TPSA) is 48.1 Å². The average Bonchev–Trinajstić information content (AvgIpc) is 1.96. The predicted octanol–water partition coefficient (Wildman–Crippen LogP) is 2.21. The number of nitrogen functional groups attached to an aromatic ring is 1. The van der Waals surface area contributed by atoms with Crippen molar-refractivity contribution in [2.24, 2.45) is 0 Å². The summed E-state index contributed by atoms with van der Waals surface area (Å²) in [4.78, 5) is 4.08. The van der Waals surface area contributed by atoms with Gasteiger partial charge >= 0.3 is 0 Å².